The number of anilines is 1. The van der Waals surface area contributed by atoms with Gasteiger partial charge in [-0.2, -0.15) is 0 Å². The molecule has 1 heterocycles. The predicted octanol–water partition coefficient (Wildman–Crippen LogP) is 3.63. The van der Waals surface area contributed by atoms with Gasteiger partial charge < -0.3 is 4.90 Å². The molecule has 3 rings (SSSR count). The van der Waals surface area contributed by atoms with Crippen molar-refractivity contribution in [1.82, 2.24) is 0 Å². The van der Waals surface area contributed by atoms with E-state index in [1.54, 1.807) is 12.1 Å². The molecule has 0 spiro atoms. The van der Waals surface area contributed by atoms with Gasteiger partial charge in [0.25, 0.3) is 0 Å². The van der Waals surface area contributed by atoms with Crippen molar-refractivity contribution in [3.8, 4) is 0 Å². The van der Waals surface area contributed by atoms with Crippen molar-refractivity contribution in [1.29, 1.82) is 0 Å². The molecule has 138 valence electrons. The predicted molar refractivity (Wildman–Crippen MR) is 101 cm³/mol. The van der Waals surface area contributed by atoms with Crippen molar-refractivity contribution in [3.05, 3.63) is 64.2 Å². The van der Waals surface area contributed by atoms with Crippen LogP contribution in [0.5, 0.6) is 0 Å². The highest BCUT2D eigenvalue weighted by Crippen LogP contribution is 2.39. The van der Waals surface area contributed by atoms with Gasteiger partial charge in [0.1, 0.15) is 10.6 Å². The Morgan fingerprint density at radius 1 is 1.12 bits per heavy atom. The topological polar surface area (TPSA) is 80.5 Å². The fraction of sp³-hybridized carbons (Fsp3) is 0.368. The van der Waals surface area contributed by atoms with Gasteiger partial charge in [-0.3, -0.25) is 10.1 Å². The number of nitrogens with zero attached hydrogens (tertiary/aromatic N) is 2. The van der Waals surface area contributed by atoms with Gasteiger partial charge in [0, 0.05) is 19.3 Å². The maximum absolute atomic E-state index is 12.0. The first-order valence-electron chi connectivity index (χ1n) is 8.56. The summed E-state index contributed by atoms with van der Waals surface area (Å²) in [5, 5.41) is 11.6. The number of nitro benzene ring substituents is 1. The van der Waals surface area contributed by atoms with E-state index in [4.69, 9.17) is 0 Å². The van der Waals surface area contributed by atoms with E-state index in [-0.39, 0.29) is 10.6 Å². The largest absolute Gasteiger partial charge is 0.366 e. The van der Waals surface area contributed by atoms with Crippen molar-refractivity contribution in [2.45, 2.75) is 24.2 Å². The SMILES string of the molecule is CC1CN(c2cccc(S(C)(=O)=O)c2[N+](=O)[O-])CCC1c1ccccc1. The van der Waals surface area contributed by atoms with E-state index < -0.39 is 14.8 Å². The summed E-state index contributed by atoms with van der Waals surface area (Å²) >= 11 is 0. The zero-order valence-corrected chi connectivity index (χ0v) is 15.6. The van der Waals surface area contributed by atoms with Gasteiger partial charge in [-0.25, -0.2) is 8.42 Å². The van der Waals surface area contributed by atoms with Crippen LogP contribution in [0.25, 0.3) is 0 Å². The van der Waals surface area contributed by atoms with Crippen LogP contribution in [0.1, 0.15) is 24.8 Å². The average Bonchev–Trinajstić information content (AvgIpc) is 2.61. The lowest BCUT2D eigenvalue weighted by Gasteiger charge is -2.38. The Balaban J connectivity index is 1.93. The molecule has 6 nitrogen and oxygen atoms in total. The van der Waals surface area contributed by atoms with E-state index in [0.29, 0.717) is 30.6 Å². The molecule has 1 saturated heterocycles. The molecule has 0 bridgehead atoms. The molecule has 0 radical (unpaired) electrons. The summed E-state index contributed by atoms with van der Waals surface area (Å²) in [7, 11) is -3.68. The van der Waals surface area contributed by atoms with Crippen molar-refractivity contribution >= 4 is 21.2 Å². The zero-order chi connectivity index (χ0) is 18.9. The Morgan fingerprint density at radius 2 is 1.81 bits per heavy atom. The molecule has 2 unspecified atom stereocenters. The molecule has 2 atom stereocenters. The minimum atomic E-state index is -3.68. The third kappa shape index (κ3) is 3.58. The molecule has 26 heavy (non-hydrogen) atoms. The normalized spacial score (nSPS) is 20.8. The molecule has 0 amide bonds. The second kappa shape index (κ2) is 7.07. The van der Waals surface area contributed by atoms with Crippen LogP contribution in [0.3, 0.4) is 0 Å². The number of nitro groups is 1. The minimum Gasteiger partial charge on any atom is -0.366 e. The Kier molecular flexibility index (Phi) is 5.00. The van der Waals surface area contributed by atoms with Gasteiger partial charge in [-0.15, -0.1) is 0 Å². The number of para-hydroxylation sites is 1. The van der Waals surface area contributed by atoms with E-state index >= 15 is 0 Å². The number of rotatable bonds is 4. The summed E-state index contributed by atoms with van der Waals surface area (Å²) in [5.41, 5.74) is 1.34. The summed E-state index contributed by atoms with van der Waals surface area (Å²) < 4.78 is 23.9. The zero-order valence-electron chi connectivity index (χ0n) is 14.8. The molecule has 2 aromatic rings. The fourth-order valence-corrected chi connectivity index (χ4v) is 4.66. The first-order chi connectivity index (χ1) is 12.3. The van der Waals surface area contributed by atoms with Crippen LogP contribution in [-0.4, -0.2) is 32.7 Å². The lowest BCUT2D eigenvalue weighted by Crippen LogP contribution is -2.38. The van der Waals surface area contributed by atoms with E-state index in [9.17, 15) is 18.5 Å². The highest BCUT2D eigenvalue weighted by Gasteiger charge is 2.33. The molecule has 0 N–H and O–H groups in total. The molecule has 1 fully saturated rings. The molecule has 7 heteroatoms. The number of benzene rings is 2. The Bertz CT molecular complexity index is 912. The van der Waals surface area contributed by atoms with Gasteiger partial charge >= 0.3 is 5.69 Å². The summed E-state index contributed by atoms with van der Waals surface area (Å²) in [4.78, 5) is 12.7. The summed E-state index contributed by atoms with van der Waals surface area (Å²) in [6.07, 6.45) is 1.87. The third-order valence-electron chi connectivity index (χ3n) is 5.03. The van der Waals surface area contributed by atoms with Crippen molar-refractivity contribution in [2.24, 2.45) is 5.92 Å². The smallest absolute Gasteiger partial charge is 0.311 e. The first-order valence-corrected chi connectivity index (χ1v) is 10.5. The monoisotopic (exact) mass is 374 g/mol. The van der Waals surface area contributed by atoms with E-state index in [2.05, 4.69) is 19.1 Å². The van der Waals surface area contributed by atoms with Crippen LogP contribution in [0, 0.1) is 16.0 Å². The van der Waals surface area contributed by atoms with Gasteiger partial charge in [-0.05, 0) is 36.0 Å². The standard InChI is InChI=1S/C19H22N2O4S/c1-14-13-20(12-11-16(14)15-7-4-3-5-8-15)17-9-6-10-18(26(2,24)25)19(17)21(22)23/h3-10,14,16H,11-13H2,1-2H3. The number of hydrogen-bond acceptors (Lipinski definition) is 5. The van der Waals surface area contributed by atoms with Gasteiger partial charge in [-0.1, -0.05) is 43.3 Å². The van der Waals surface area contributed by atoms with Crippen LogP contribution < -0.4 is 4.90 Å². The Morgan fingerprint density at radius 3 is 2.38 bits per heavy atom. The van der Waals surface area contributed by atoms with Gasteiger partial charge in [0.2, 0.25) is 0 Å². The third-order valence-corrected chi connectivity index (χ3v) is 6.16. The highest BCUT2D eigenvalue weighted by molar-refractivity contribution is 7.90. The van der Waals surface area contributed by atoms with E-state index in [0.717, 1.165) is 12.7 Å². The summed E-state index contributed by atoms with van der Waals surface area (Å²) in [6, 6.07) is 14.8. The second-order valence-electron chi connectivity index (χ2n) is 6.88. The molecular formula is C19H22N2O4S. The molecular weight excluding hydrogens is 352 g/mol. The lowest BCUT2D eigenvalue weighted by atomic mass is 9.81. The van der Waals surface area contributed by atoms with Crippen LogP contribution in [-0.2, 0) is 9.84 Å². The molecule has 2 aromatic carbocycles. The molecule has 1 aliphatic heterocycles. The van der Waals surface area contributed by atoms with Crippen molar-refractivity contribution < 1.29 is 13.3 Å². The second-order valence-corrected chi connectivity index (χ2v) is 8.87. The maximum Gasteiger partial charge on any atom is 0.311 e. The summed E-state index contributed by atoms with van der Waals surface area (Å²) in [6.45, 7) is 3.43. The quantitative estimate of drug-likeness (QED) is 0.603. The van der Waals surface area contributed by atoms with Gasteiger partial charge in [0.05, 0.1) is 4.92 Å². The van der Waals surface area contributed by atoms with E-state index in [1.165, 1.54) is 11.6 Å². The molecule has 1 aliphatic rings. The maximum atomic E-state index is 12.0. The Labute approximate surface area is 153 Å². The number of piperidine rings is 1. The van der Waals surface area contributed by atoms with Crippen LogP contribution in [0.15, 0.2) is 53.4 Å². The minimum absolute atomic E-state index is 0.224. The van der Waals surface area contributed by atoms with Crippen LogP contribution in [0.4, 0.5) is 11.4 Å². The lowest BCUT2D eigenvalue weighted by molar-refractivity contribution is -0.387. The van der Waals surface area contributed by atoms with Crippen LogP contribution >= 0.6 is 0 Å². The molecule has 0 aromatic heterocycles. The average molecular weight is 374 g/mol. The molecule has 0 aliphatic carbocycles. The fourth-order valence-electron chi connectivity index (χ4n) is 3.81. The number of sulfone groups is 1. The Hall–Kier alpha value is -2.41. The van der Waals surface area contributed by atoms with Gasteiger partial charge in [0.15, 0.2) is 9.84 Å². The number of hydrogen-bond donors (Lipinski definition) is 0. The van der Waals surface area contributed by atoms with Crippen molar-refractivity contribution in [3.63, 3.8) is 0 Å². The first kappa shape index (κ1) is 18.4. The van der Waals surface area contributed by atoms with Crippen molar-refractivity contribution in [2.75, 3.05) is 24.2 Å². The van der Waals surface area contributed by atoms with E-state index in [1.807, 2.05) is 23.1 Å². The highest BCUT2D eigenvalue weighted by atomic mass is 32.2. The van der Waals surface area contributed by atoms with Crippen LogP contribution in [0.2, 0.25) is 0 Å². The molecule has 0 saturated carbocycles. The summed E-state index contributed by atoms with van der Waals surface area (Å²) in [5.74, 6) is 0.692.